The van der Waals surface area contributed by atoms with Gasteiger partial charge in [0.15, 0.2) is 0 Å². The molecule has 1 N–H and O–H groups in total. The lowest BCUT2D eigenvalue weighted by atomic mass is 9.74. The Labute approximate surface area is 127 Å². The van der Waals surface area contributed by atoms with Crippen LogP contribution in [0.1, 0.15) is 44.2 Å². The molecule has 0 aromatic heterocycles. The van der Waals surface area contributed by atoms with Crippen molar-refractivity contribution < 1.29 is 18.0 Å². The summed E-state index contributed by atoms with van der Waals surface area (Å²) in [5.41, 5.74) is -1.44. The fraction of sp³-hybridized carbons (Fsp3) is 0.500. The Morgan fingerprint density at radius 3 is 2.59 bits per heavy atom. The lowest BCUT2D eigenvalue weighted by molar-refractivity contribution is -0.137. The Morgan fingerprint density at radius 2 is 2.05 bits per heavy atom. The maximum absolute atomic E-state index is 12.9. The first-order valence-corrected chi connectivity index (χ1v) is 7.04. The number of carbonyl (C=O) groups excluding carboxylic acids is 1. The number of nitriles is 1. The molecular weight excluding hydrogens is 293 g/mol. The third-order valence-electron chi connectivity index (χ3n) is 4.12. The van der Waals surface area contributed by atoms with E-state index in [1.54, 1.807) is 6.07 Å². The number of hydrogen-bond acceptors (Lipinski definition) is 3. The molecule has 0 saturated heterocycles. The highest BCUT2D eigenvalue weighted by Crippen LogP contribution is 2.36. The van der Waals surface area contributed by atoms with Gasteiger partial charge >= 0.3 is 6.18 Å². The molecule has 1 aromatic rings. The summed E-state index contributed by atoms with van der Waals surface area (Å²) < 4.78 is 38.8. The molecule has 1 atom stereocenters. The highest BCUT2D eigenvalue weighted by atomic mass is 19.4. The molecule has 3 nitrogen and oxygen atoms in total. The fourth-order valence-electron chi connectivity index (χ4n) is 2.60. The zero-order chi connectivity index (χ0) is 16.5. The molecule has 118 valence electrons. The normalized spacial score (nSPS) is 21.3. The lowest BCUT2D eigenvalue weighted by Gasteiger charge is -2.33. The topological polar surface area (TPSA) is 52.9 Å². The van der Waals surface area contributed by atoms with Gasteiger partial charge in [-0.25, -0.2) is 0 Å². The monoisotopic (exact) mass is 310 g/mol. The molecule has 1 unspecified atom stereocenters. The number of halogens is 3. The summed E-state index contributed by atoms with van der Waals surface area (Å²) in [4.78, 5) is 12.0. The van der Waals surface area contributed by atoms with Crippen LogP contribution in [0.15, 0.2) is 18.2 Å². The van der Waals surface area contributed by atoms with Crippen LogP contribution in [0.2, 0.25) is 0 Å². The molecule has 1 fully saturated rings. The number of benzene rings is 1. The molecule has 0 bridgehead atoms. The van der Waals surface area contributed by atoms with E-state index in [9.17, 15) is 18.0 Å². The molecule has 22 heavy (non-hydrogen) atoms. The van der Waals surface area contributed by atoms with Gasteiger partial charge in [-0.05, 0) is 31.0 Å². The number of hydrogen-bond donors (Lipinski definition) is 1. The van der Waals surface area contributed by atoms with Gasteiger partial charge in [-0.2, -0.15) is 18.4 Å². The largest absolute Gasteiger partial charge is 0.417 e. The highest BCUT2D eigenvalue weighted by molar-refractivity contribution is 5.85. The van der Waals surface area contributed by atoms with Gasteiger partial charge in [0.05, 0.1) is 17.2 Å². The smallest absolute Gasteiger partial charge is 0.382 e. The number of nitrogens with zero attached hydrogens (tertiary/aromatic N) is 1. The summed E-state index contributed by atoms with van der Waals surface area (Å²) in [6.07, 6.45) is -2.85. The van der Waals surface area contributed by atoms with E-state index in [1.165, 1.54) is 6.07 Å². The Morgan fingerprint density at radius 1 is 1.36 bits per heavy atom. The van der Waals surface area contributed by atoms with Crippen LogP contribution in [0.25, 0.3) is 0 Å². The van der Waals surface area contributed by atoms with E-state index >= 15 is 0 Å². The number of Topliss-reactive ketones (excluding diaryl/α,β-unsaturated/α-hetero) is 1. The van der Waals surface area contributed by atoms with E-state index in [1.807, 2.05) is 13.8 Å². The van der Waals surface area contributed by atoms with Crippen molar-refractivity contribution in [2.75, 3.05) is 5.32 Å². The Kier molecular flexibility index (Phi) is 4.19. The van der Waals surface area contributed by atoms with Crippen LogP contribution in [0.5, 0.6) is 0 Å². The molecule has 0 aliphatic heterocycles. The second-order valence-corrected chi connectivity index (χ2v) is 6.26. The van der Waals surface area contributed by atoms with Crippen molar-refractivity contribution in [2.24, 2.45) is 5.41 Å². The molecule has 1 aliphatic rings. The van der Waals surface area contributed by atoms with Crippen LogP contribution in [-0.2, 0) is 11.0 Å². The Balaban J connectivity index is 2.18. The molecule has 2 rings (SSSR count). The molecule has 6 heteroatoms. The quantitative estimate of drug-likeness (QED) is 0.893. The highest BCUT2D eigenvalue weighted by Gasteiger charge is 2.36. The van der Waals surface area contributed by atoms with E-state index in [0.29, 0.717) is 12.8 Å². The summed E-state index contributed by atoms with van der Waals surface area (Å²) in [5, 5.41) is 11.8. The number of rotatable bonds is 2. The van der Waals surface area contributed by atoms with Crippen molar-refractivity contribution in [3.63, 3.8) is 0 Å². The van der Waals surface area contributed by atoms with Gasteiger partial charge in [-0.3, -0.25) is 4.79 Å². The lowest BCUT2D eigenvalue weighted by Crippen LogP contribution is -2.37. The van der Waals surface area contributed by atoms with Crippen LogP contribution in [0, 0.1) is 16.7 Å². The van der Waals surface area contributed by atoms with E-state index in [4.69, 9.17) is 5.26 Å². The van der Waals surface area contributed by atoms with Gasteiger partial charge in [0.2, 0.25) is 0 Å². The van der Waals surface area contributed by atoms with Gasteiger partial charge in [0.25, 0.3) is 0 Å². The van der Waals surface area contributed by atoms with Crippen molar-refractivity contribution in [2.45, 2.75) is 45.3 Å². The van der Waals surface area contributed by atoms with Crippen molar-refractivity contribution in [3.8, 4) is 6.07 Å². The van der Waals surface area contributed by atoms with Gasteiger partial charge in [-0.1, -0.05) is 13.8 Å². The maximum Gasteiger partial charge on any atom is 0.417 e. The molecular formula is C16H17F3N2O. The predicted molar refractivity (Wildman–Crippen MR) is 76.2 cm³/mol. The van der Waals surface area contributed by atoms with E-state index in [0.717, 1.165) is 18.6 Å². The Hall–Kier alpha value is -2.03. The summed E-state index contributed by atoms with van der Waals surface area (Å²) >= 11 is 0. The second kappa shape index (κ2) is 5.64. The van der Waals surface area contributed by atoms with Crippen LogP contribution in [-0.4, -0.2) is 11.8 Å². The molecule has 0 spiro atoms. The van der Waals surface area contributed by atoms with Gasteiger partial charge in [0.1, 0.15) is 5.78 Å². The molecule has 0 heterocycles. The van der Waals surface area contributed by atoms with E-state index in [2.05, 4.69) is 5.32 Å². The van der Waals surface area contributed by atoms with Gasteiger partial charge < -0.3 is 5.32 Å². The minimum atomic E-state index is -4.58. The average molecular weight is 310 g/mol. The summed E-state index contributed by atoms with van der Waals surface area (Å²) in [7, 11) is 0. The van der Waals surface area contributed by atoms with Crippen molar-refractivity contribution in [1.29, 1.82) is 5.26 Å². The number of nitrogens with one attached hydrogen (secondary N) is 1. The average Bonchev–Trinajstić information content (AvgIpc) is 2.42. The SMILES string of the molecule is CC1(C)CCC(Nc2ccc(C#N)c(C(F)(F)F)c2)CC1=O. The van der Waals surface area contributed by atoms with Crippen LogP contribution in [0.4, 0.5) is 18.9 Å². The van der Waals surface area contributed by atoms with Crippen molar-refractivity contribution in [3.05, 3.63) is 29.3 Å². The summed E-state index contributed by atoms with van der Waals surface area (Å²) in [6, 6.07) is 4.91. The minimum absolute atomic E-state index is 0.112. The fourth-order valence-corrected chi connectivity index (χ4v) is 2.60. The summed E-state index contributed by atoms with van der Waals surface area (Å²) in [5.74, 6) is 0.112. The number of ketones is 1. The first-order valence-electron chi connectivity index (χ1n) is 7.04. The van der Waals surface area contributed by atoms with E-state index in [-0.39, 0.29) is 22.9 Å². The van der Waals surface area contributed by atoms with Crippen LogP contribution < -0.4 is 5.32 Å². The molecule has 0 amide bonds. The molecule has 1 aromatic carbocycles. The predicted octanol–water partition coefficient (Wildman–Crippen LogP) is 4.14. The third kappa shape index (κ3) is 3.41. The van der Waals surface area contributed by atoms with Crippen LogP contribution >= 0.6 is 0 Å². The zero-order valence-electron chi connectivity index (χ0n) is 12.4. The van der Waals surface area contributed by atoms with Gasteiger partial charge in [0, 0.05) is 23.6 Å². The van der Waals surface area contributed by atoms with E-state index < -0.39 is 17.3 Å². The van der Waals surface area contributed by atoms with Crippen molar-refractivity contribution in [1.82, 2.24) is 0 Å². The van der Waals surface area contributed by atoms with Gasteiger partial charge in [-0.15, -0.1) is 0 Å². The second-order valence-electron chi connectivity index (χ2n) is 6.26. The first kappa shape index (κ1) is 16.3. The maximum atomic E-state index is 12.9. The standard InChI is InChI=1S/C16H17F3N2O/c1-15(2)6-5-12(8-14(15)22)21-11-4-3-10(9-20)13(7-11)16(17,18)19/h3-4,7,12,21H,5-6,8H2,1-2H3. The molecule has 1 aliphatic carbocycles. The number of alkyl halides is 3. The molecule has 0 radical (unpaired) electrons. The molecule has 1 saturated carbocycles. The van der Waals surface area contributed by atoms with Crippen molar-refractivity contribution >= 4 is 11.5 Å². The Bertz CT molecular complexity index is 629. The number of anilines is 1. The summed E-state index contributed by atoms with van der Waals surface area (Å²) in [6.45, 7) is 3.77. The third-order valence-corrected chi connectivity index (χ3v) is 4.12. The minimum Gasteiger partial charge on any atom is -0.382 e. The number of carbonyl (C=O) groups is 1. The zero-order valence-corrected chi connectivity index (χ0v) is 12.4. The first-order chi connectivity index (χ1) is 10.1. The van der Waals surface area contributed by atoms with Crippen LogP contribution in [0.3, 0.4) is 0 Å².